The van der Waals surface area contributed by atoms with Gasteiger partial charge in [-0.1, -0.05) is 76.2 Å². The van der Waals surface area contributed by atoms with E-state index >= 15 is 0 Å². The van der Waals surface area contributed by atoms with Crippen molar-refractivity contribution < 1.29 is 4.84 Å². The first-order chi connectivity index (χ1) is 9.31. The van der Waals surface area contributed by atoms with Gasteiger partial charge >= 0.3 is 0 Å². The maximum absolute atomic E-state index is 5.32. The molecule has 3 heteroatoms. The standard InChI is InChI=1S/C16H14BrNO/c1-2-13-7-3-4-9-15(13)12-19-18-11-14-8-5-6-10-16(14)17/h2-11H,1,12H2. The largest absolute Gasteiger partial charge is 0.391 e. The molecule has 0 spiro atoms. The third-order valence-corrected chi connectivity index (χ3v) is 3.39. The van der Waals surface area contributed by atoms with Crippen molar-refractivity contribution in [2.75, 3.05) is 0 Å². The molecule has 0 atom stereocenters. The van der Waals surface area contributed by atoms with Gasteiger partial charge in [-0.05, 0) is 17.2 Å². The molecular weight excluding hydrogens is 302 g/mol. The lowest BCUT2D eigenvalue weighted by Crippen LogP contribution is -1.91. The summed E-state index contributed by atoms with van der Waals surface area (Å²) in [5.74, 6) is 0. The summed E-state index contributed by atoms with van der Waals surface area (Å²) < 4.78 is 0.994. The molecule has 0 bridgehead atoms. The molecule has 2 nitrogen and oxygen atoms in total. The number of hydrogen-bond donors (Lipinski definition) is 0. The van der Waals surface area contributed by atoms with Gasteiger partial charge in [0.25, 0.3) is 0 Å². The molecule has 0 aliphatic rings. The van der Waals surface area contributed by atoms with Crippen molar-refractivity contribution in [1.29, 1.82) is 0 Å². The lowest BCUT2D eigenvalue weighted by molar-refractivity contribution is 0.132. The zero-order valence-corrected chi connectivity index (χ0v) is 12.0. The summed E-state index contributed by atoms with van der Waals surface area (Å²) in [4.78, 5) is 5.32. The van der Waals surface area contributed by atoms with Crippen LogP contribution in [0.25, 0.3) is 6.08 Å². The smallest absolute Gasteiger partial charge is 0.142 e. The normalized spacial score (nSPS) is 10.6. The second-order valence-corrected chi connectivity index (χ2v) is 4.79. The fraction of sp³-hybridized carbons (Fsp3) is 0.0625. The Balaban J connectivity index is 1.97. The van der Waals surface area contributed by atoms with Gasteiger partial charge in [0.05, 0.1) is 6.21 Å². The first kappa shape index (κ1) is 13.6. The minimum atomic E-state index is 0.434. The van der Waals surface area contributed by atoms with E-state index in [-0.39, 0.29) is 0 Å². The minimum absolute atomic E-state index is 0.434. The van der Waals surface area contributed by atoms with Crippen LogP contribution < -0.4 is 0 Å². The van der Waals surface area contributed by atoms with Crippen LogP contribution in [0.15, 0.2) is 64.7 Å². The molecule has 0 unspecified atom stereocenters. The predicted molar refractivity (Wildman–Crippen MR) is 83.1 cm³/mol. The molecule has 0 aliphatic carbocycles. The molecule has 2 aromatic rings. The Hall–Kier alpha value is -1.87. The number of hydrogen-bond acceptors (Lipinski definition) is 2. The molecule has 0 fully saturated rings. The van der Waals surface area contributed by atoms with Crippen LogP contribution in [0.5, 0.6) is 0 Å². The van der Waals surface area contributed by atoms with Gasteiger partial charge in [-0.3, -0.25) is 0 Å². The summed E-state index contributed by atoms with van der Waals surface area (Å²) in [7, 11) is 0. The number of oxime groups is 1. The van der Waals surface area contributed by atoms with E-state index in [2.05, 4.69) is 27.7 Å². The average molecular weight is 316 g/mol. The highest BCUT2D eigenvalue weighted by molar-refractivity contribution is 9.10. The molecule has 0 amide bonds. The monoisotopic (exact) mass is 315 g/mol. The maximum Gasteiger partial charge on any atom is 0.142 e. The third-order valence-electron chi connectivity index (χ3n) is 2.67. The minimum Gasteiger partial charge on any atom is -0.391 e. The van der Waals surface area contributed by atoms with E-state index in [1.165, 1.54) is 0 Å². The number of benzene rings is 2. The van der Waals surface area contributed by atoms with Crippen LogP contribution in [0.4, 0.5) is 0 Å². The molecule has 2 rings (SSSR count). The molecule has 19 heavy (non-hydrogen) atoms. The van der Waals surface area contributed by atoms with Crippen LogP contribution in [-0.2, 0) is 11.4 Å². The zero-order valence-electron chi connectivity index (χ0n) is 10.4. The Morgan fingerprint density at radius 1 is 1.05 bits per heavy atom. The quantitative estimate of drug-likeness (QED) is 0.581. The Bertz CT molecular complexity index is 593. The highest BCUT2D eigenvalue weighted by Gasteiger charge is 1.98. The second kappa shape index (κ2) is 6.90. The van der Waals surface area contributed by atoms with Crippen LogP contribution in [0.1, 0.15) is 16.7 Å². The summed E-state index contributed by atoms with van der Waals surface area (Å²) in [6, 6.07) is 15.8. The van der Waals surface area contributed by atoms with Crippen molar-refractivity contribution in [2.24, 2.45) is 5.16 Å². The van der Waals surface area contributed by atoms with E-state index in [1.54, 1.807) is 6.21 Å². The first-order valence-corrected chi connectivity index (χ1v) is 6.71. The van der Waals surface area contributed by atoms with Crippen LogP contribution >= 0.6 is 15.9 Å². The zero-order chi connectivity index (χ0) is 13.5. The molecule has 0 aromatic heterocycles. The fourth-order valence-corrected chi connectivity index (χ4v) is 2.03. The number of nitrogens with zero attached hydrogens (tertiary/aromatic N) is 1. The van der Waals surface area contributed by atoms with Gasteiger partial charge in [-0.15, -0.1) is 0 Å². The molecule has 2 aromatic carbocycles. The van der Waals surface area contributed by atoms with Crippen molar-refractivity contribution in [1.82, 2.24) is 0 Å². The SMILES string of the molecule is C=Cc1ccccc1CON=Cc1ccccc1Br. The van der Waals surface area contributed by atoms with E-state index < -0.39 is 0 Å². The van der Waals surface area contributed by atoms with E-state index in [0.29, 0.717) is 6.61 Å². The molecule has 0 aliphatic heterocycles. The molecule has 0 N–H and O–H groups in total. The lowest BCUT2D eigenvalue weighted by Gasteiger charge is -2.04. The van der Waals surface area contributed by atoms with Crippen molar-refractivity contribution in [3.05, 3.63) is 76.3 Å². The Morgan fingerprint density at radius 3 is 2.47 bits per heavy atom. The first-order valence-electron chi connectivity index (χ1n) is 5.91. The van der Waals surface area contributed by atoms with Crippen molar-refractivity contribution in [3.8, 4) is 0 Å². The number of rotatable bonds is 5. The molecule has 0 saturated carbocycles. The van der Waals surface area contributed by atoms with E-state index in [1.807, 2.05) is 54.6 Å². The lowest BCUT2D eigenvalue weighted by atomic mass is 10.1. The van der Waals surface area contributed by atoms with Gasteiger partial charge in [-0.2, -0.15) is 0 Å². The van der Waals surface area contributed by atoms with Gasteiger partial charge in [0.15, 0.2) is 0 Å². The molecule has 0 saturated heterocycles. The van der Waals surface area contributed by atoms with E-state index in [0.717, 1.165) is 21.2 Å². The molecule has 96 valence electrons. The van der Waals surface area contributed by atoms with Gasteiger partial charge in [0.1, 0.15) is 6.61 Å². The Morgan fingerprint density at radius 2 is 1.74 bits per heavy atom. The van der Waals surface area contributed by atoms with Crippen molar-refractivity contribution in [3.63, 3.8) is 0 Å². The summed E-state index contributed by atoms with van der Waals surface area (Å²) in [5.41, 5.74) is 3.12. The van der Waals surface area contributed by atoms with Gasteiger partial charge < -0.3 is 4.84 Å². The predicted octanol–water partition coefficient (Wildman–Crippen LogP) is 4.64. The van der Waals surface area contributed by atoms with Crippen LogP contribution in [0.2, 0.25) is 0 Å². The third kappa shape index (κ3) is 3.80. The molecule has 0 heterocycles. The summed E-state index contributed by atoms with van der Waals surface area (Å²) in [6.07, 6.45) is 3.51. The van der Waals surface area contributed by atoms with Gasteiger partial charge in [-0.25, -0.2) is 0 Å². The van der Waals surface area contributed by atoms with Crippen molar-refractivity contribution in [2.45, 2.75) is 6.61 Å². The topological polar surface area (TPSA) is 21.6 Å². The molecule has 0 radical (unpaired) electrons. The number of halogens is 1. The fourth-order valence-electron chi connectivity index (χ4n) is 1.65. The van der Waals surface area contributed by atoms with Crippen LogP contribution in [0, 0.1) is 0 Å². The van der Waals surface area contributed by atoms with Gasteiger partial charge in [0.2, 0.25) is 0 Å². The van der Waals surface area contributed by atoms with Crippen LogP contribution in [0.3, 0.4) is 0 Å². The maximum atomic E-state index is 5.32. The second-order valence-electron chi connectivity index (χ2n) is 3.93. The van der Waals surface area contributed by atoms with Crippen LogP contribution in [-0.4, -0.2) is 6.21 Å². The Kier molecular flexibility index (Phi) is 4.93. The molecular formula is C16H14BrNO. The summed E-state index contributed by atoms with van der Waals surface area (Å²) in [5, 5.41) is 3.98. The summed E-state index contributed by atoms with van der Waals surface area (Å²) >= 11 is 3.46. The van der Waals surface area contributed by atoms with Gasteiger partial charge in [0, 0.05) is 10.0 Å². The average Bonchev–Trinajstić information content (AvgIpc) is 2.45. The van der Waals surface area contributed by atoms with E-state index in [4.69, 9.17) is 4.84 Å². The van der Waals surface area contributed by atoms with Crippen molar-refractivity contribution >= 4 is 28.2 Å². The van der Waals surface area contributed by atoms with E-state index in [9.17, 15) is 0 Å². The highest BCUT2D eigenvalue weighted by atomic mass is 79.9. The Labute approximate surface area is 121 Å². The summed E-state index contributed by atoms with van der Waals surface area (Å²) in [6.45, 7) is 4.21. The highest BCUT2D eigenvalue weighted by Crippen LogP contribution is 2.14.